The third-order valence-electron chi connectivity index (χ3n) is 7.00. The standard InChI is InChI=1S/C23H28N2O2.C8H7N/c1-2-24-22(27)23(20-11-7-4-8-12-20)15-17-25(18-16-23)21(26)14-13-19-9-5-3-6-10-19;1-2-4-8-7(3-1)5-6-9-8/h3-12H,2,13-18H2,1H3,(H,24,27);1-6,9H. The van der Waals surface area contributed by atoms with E-state index in [9.17, 15) is 9.59 Å². The molecule has 0 saturated carbocycles. The van der Waals surface area contributed by atoms with Crippen molar-refractivity contribution < 1.29 is 9.59 Å². The molecule has 0 aliphatic carbocycles. The van der Waals surface area contributed by atoms with Crippen LogP contribution in [0, 0.1) is 0 Å². The minimum Gasteiger partial charge on any atom is -0.361 e. The number of nitrogens with zero attached hydrogens (tertiary/aromatic N) is 1. The van der Waals surface area contributed by atoms with Crippen LogP contribution in [0.5, 0.6) is 0 Å². The number of benzene rings is 3. The van der Waals surface area contributed by atoms with Crippen molar-refractivity contribution in [1.29, 1.82) is 0 Å². The highest BCUT2D eigenvalue weighted by Gasteiger charge is 2.43. The number of H-pyrrole nitrogens is 1. The van der Waals surface area contributed by atoms with E-state index in [1.807, 2.05) is 78.7 Å². The van der Waals surface area contributed by atoms with E-state index in [1.54, 1.807) is 0 Å². The molecule has 1 saturated heterocycles. The predicted octanol–water partition coefficient (Wildman–Crippen LogP) is 5.48. The van der Waals surface area contributed by atoms with Gasteiger partial charge in [-0.1, -0.05) is 78.9 Å². The summed E-state index contributed by atoms with van der Waals surface area (Å²) in [4.78, 5) is 30.6. The molecule has 2 amide bonds. The molecule has 5 rings (SSSR count). The molecule has 3 aromatic carbocycles. The molecule has 0 radical (unpaired) electrons. The molecule has 0 atom stereocenters. The fourth-order valence-corrected chi connectivity index (χ4v) is 4.92. The Morgan fingerprint density at radius 2 is 1.50 bits per heavy atom. The first-order valence-corrected chi connectivity index (χ1v) is 12.8. The molecule has 1 aromatic heterocycles. The van der Waals surface area contributed by atoms with Gasteiger partial charge in [0.2, 0.25) is 11.8 Å². The molecule has 2 heterocycles. The van der Waals surface area contributed by atoms with Gasteiger partial charge >= 0.3 is 0 Å². The maximum absolute atomic E-state index is 12.9. The summed E-state index contributed by atoms with van der Waals surface area (Å²) < 4.78 is 0. The minimum atomic E-state index is -0.534. The Balaban J connectivity index is 0.000000280. The number of carbonyl (C=O) groups is 2. The van der Waals surface area contributed by atoms with E-state index in [0.29, 0.717) is 38.9 Å². The highest BCUT2D eigenvalue weighted by Crippen LogP contribution is 2.36. The van der Waals surface area contributed by atoms with Crippen LogP contribution in [0.4, 0.5) is 0 Å². The molecule has 36 heavy (non-hydrogen) atoms. The highest BCUT2D eigenvalue weighted by atomic mass is 16.2. The van der Waals surface area contributed by atoms with Gasteiger partial charge in [-0.3, -0.25) is 9.59 Å². The third-order valence-corrected chi connectivity index (χ3v) is 7.00. The smallest absolute Gasteiger partial charge is 0.230 e. The number of para-hydroxylation sites is 1. The number of aromatic amines is 1. The van der Waals surface area contributed by atoms with Gasteiger partial charge in [-0.25, -0.2) is 0 Å². The zero-order valence-corrected chi connectivity index (χ0v) is 21.0. The number of likely N-dealkylation sites (N-methyl/N-ethyl adjacent to an activating group) is 1. The number of aryl methyl sites for hydroxylation is 1. The maximum atomic E-state index is 12.9. The number of nitrogens with one attached hydrogen (secondary N) is 2. The second-order valence-corrected chi connectivity index (χ2v) is 9.24. The van der Waals surface area contributed by atoms with Gasteiger partial charge in [-0.05, 0) is 54.8 Å². The lowest BCUT2D eigenvalue weighted by atomic mass is 9.72. The van der Waals surface area contributed by atoms with Gasteiger partial charge in [0.25, 0.3) is 0 Å². The van der Waals surface area contributed by atoms with Gasteiger partial charge < -0.3 is 15.2 Å². The van der Waals surface area contributed by atoms with E-state index in [-0.39, 0.29) is 11.8 Å². The zero-order valence-electron chi connectivity index (χ0n) is 21.0. The lowest BCUT2D eigenvalue weighted by Crippen LogP contribution is -2.52. The number of piperidine rings is 1. The topological polar surface area (TPSA) is 65.2 Å². The first-order valence-electron chi connectivity index (χ1n) is 12.8. The van der Waals surface area contributed by atoms with Crippen LogP contribution in [0.25, 0.3) is 10.9 Å². The average Bonchev–Trinajstić information content (AvgIpc) is 3.42. The van der Waals surface area contributed by atoms with Crippen LogP contribution < -0.4 is 5.32 Å². The molecule has 1 fully saturated rings. The van der Waals surface area contributed by atoms with Crippen LogP contribution >= 0.6 is 0 Å². The van der Waals surface area contributed by atoms with E-state index < -0.39 is 5.41 Å². The Bertz CT molecular complexity index is 1210. The zero-order chi connectivity index (χ0) is 25.2. The largest absolute Gasteiger partial charge is 0.361 e. The predicted molar refractivity (Wildman–Crippen MR) is 146 cm³/mol. The maximum Gasteiger partial charge on any atom is 0.230 e. The van der Waals surface area contributed by atoms with Crippen molar-refractivity contribution in [1.82, 2.24) is 15.2 Å². The number of likely N-dealkylation sites (tertiary alicyclic amines) is 1. The summed E-state index contributed by atoms with van der Waals surface area (Å²) in [7, 11) is 0. The Hall–Kier alpha value is -3.86. The second-order valence-electron chi connectivity index (χ2n) is 9.24. The number of fused-ring (bicyclic) bond motifs is 1. The Kier molecular flexibility index (Phi) is 8.56. The van der Waals surface area contributed by atoms with Gasteiger partial charge in [0.15, 0.2) is 0 Å². The molecule has 1 aliphatic heterocycles. The van der Waals surface area contributed by atoms with Crippen LogP contribution in [0.3, 0.4) is 0 Å². The van der Waals surface area contributed by atoms with E-state index in [2.05, 4.69) is 40.6 Å². The normalized spacial score (nSPS) is 14.5. The Labute approximate surface area is 213 Å². The molecule has 0 bridgehead atoms. The molecular formula is C31H35N3O2. The monoisotopic (exact) mass is 481 g/mol. The molecule has 0 unspecified atom stereocenters. The van der Waals surface area contributed by atoms with Gasteiger partial charge in [-0.2, -0.15) is 0 Å². The number of carbonyl (C=O) groups excluding carboxylic acids is 2. The number of rotatable bonds is 6. The third kappa shape index (κ3) is 6.03. The number of hydrogen-bond donors (Lipinski definition) is 2. The van der Waals surface area contributed by atoms with Gasteiger partial charge in [0.05, 0.1) is 5.41 Å². The Morgan fingerprint density at radius 3 is 2.17 bits per heavy atom. The van der Waals surface area contributed by atoms with Gasteiger partial charge in [0, 0.05) is 37.8 Å². The van der Waals surface area contributed by atoms with Crippen molar-refractivity contribution in [3.63, 3.8) is 0 Å². The number of aromatic nitrogens is 1. The molecule has 4 aromatic rings. The summed E-state index contributed by atoms with van der Waals surface area (Å²) in [5.41, 5.74) is 2.90. The molecule has 2 N–H and O–H groups in total. The summed E-state index contributed by atoms with van der Waals surface area (Å²) in [5.74, 6) is 0.254. The molecule has 1 aliphatic rings. The number of hydrogen-bond acceptors (Lipinski definition) is 2. The van der Waals surface area contributed by atoms with E-state index >= 15 is 0 Å². The van der Waals surface area contributed by atoms with Crippen molar-refractivity contribution in [3.8, 4) is 0 Å². The summed E-state index contributed by atoms with van der Waals surface area (Å²) in [6.07, 6.45) is 4.56. The molecule has 5 heteroatoms. The minimum absolute atomic E-state index is 0.0765. The van der Waals surface area contributed by atoms with Crippen molar-refractivity contribution in [2.75, 3.05) is 19.6 Å². The molecular weight excluding hydrogens is 446 g/mol. The Morgan fingerprint density at radius 1 is 0.861 bits per heavy atom. The van der Waals surface area contributed by atoms with Gasteiger partial charge in [0.1, 0.15) is 0 Å². The molecule has 186 valence electrons. The number of amides is 2. The van der Waals surface area contributed by atoms with Crippen LogP contribution in [-0.2, 0) is 21.4 Å². The van der Waals surface area contributed by atoms with Gasteiger partial charge in [-0.15, -0.1) is 0 Å². The van der Waals surface area contributed by atoms with Crippen molar-refractivity contribution >= 4 is 22.7 Å². The van der Waals surface area contributed by atoms with Crippen LogP contribution in [-0.4, -0.2) is 41.3 Å². The quantitative estimate of drug-likeness (QED) is 0.383. The molecule has 5 nitrogen and oxygen atoms in total. The van der Waals surface area contributed by atoms with Crippen molar-refractivity contribution in [2.45, 2.75) is 38.0 Å². The van der Waals surface area contributed by atoms with E-state index in [4.69, 9.17) is 0 Å². The SMILES string of the molecule is CCNC(=O)C1(c2ccccc2)CCN(C(=O)CCc2ccccc2)CC1.c1ccc2[nH]ccc2c1. The first kappa shape index (κ1) is 25.2. The van der Waals surface area contributed by atoms with E-state index in [1.165, 1.54) is 16.5 Å². The molecule has 0 spiro atoms. The lowest BCUT2D eigenvalue weighted by Gasteiger charge is -2.41. The fourth-order valence-electron chi connectivity index (χ4n) is 4.92. The first-order chi connectivity index (χ1) is 17.6. The highest BCUT2D eigenvalue weighted by molar-refractivity contribution is 5.89. The fraction of sp³-hybridized carbons (Fsp3) is 0.290. The van der Waals surface area contributed by atoms with E-state index in [0.717, 1.165) is 12.0 Å². The lowest BCUT2D eigenvalue weighted by molar-refractivity contribution is -0.136. The van der Waals surface area contributed by atoms with Crippen LogP contribution in [0.15, 0.2) is 97.2 Å². The summed E-state index contributed by atoms with van der Waals surface area (Å²) >= 11 is 0. The van der Waals surface area contributed by atoms with Crippen molar-refractivity contribution in [3.05, 3.63) is 108 Å². The summed E-state index contributed by atoms with van der Waals surface area (Å²) in [6, 6.07) is 30.4. The van der Waals surface area contributed by atoms with Crippen LogP contribution in [0.2, 0.25) is 0 Å². The average molecular weight is 482 g/mol. The summed E-state index contributed by atoms with van der Waals surface area (Å²) in [5, 5.41) is 4.28. The second kappa shape index (κ2) is 12.2. The van der Waals surface area contributed by atoms with Crippen molar-refractivity contribution in [2.24, 2.45) is 0 Å². The van der Waals surface area contributed by atoms with Crippen LogP contribution in [0.1, 0.15) is 37.3 Å². The summed E-state index contributed by atoms with van der Waals surface area (Å²) in [6.45, 7) is 3.81.